The number of carbonyl (C=O) groups excluding carboxylic acids is 2. The SMILES string of the molecule is CNC(=O)COC(=O)N1CCN(c2cccc(C(F)(F)F)c2)CC1. The Morgan fingerprint density at radius 3 is 2.46 bits per heavy atom. The summed E-state index contributed by atoms with van der Waals surface area (Å²) in [7, 11) is 1.43. The van der Waals surface area contributed by atoms with Crippen molar-refractivity contribution in [3.63, 3.8) is 0 Å². The van der Waals surface area contributed by atoms with Crippen LogP contribution >= 0.6 is 0 Å². The predicted molar refractivity (Wildman–Crippen MR) is 80.6 cm³/mol. The fraction of sp³-hybridized carbons (Fsp3) is 0.467. The maximum Gasteiger partial charge on any atom is 0.416 e. The van der Waals surface area contributed by atoms with E-state index in [1.54, 1.807) is 11.0 Å². The minimum absolute atomic E-state index is 0.308. The Hall–Kier alpha value is -2.45. The average molecular weight is 345 g/mol. The van der Waals surface area contributed by atoms with Gasteiger partial charge in [0.25, 0.3) is 5.91 Å². The minimum atomic E-state index is -4.39. The largest absolute Gasteiger partial charge is 0.439 e. The number of alkyl halides is 3. The number of nitrogens with one attached hydrogen (secondary N) is 1. The lowest BCUT2D eigenvalue weighted by molar-refractivity contribution is -0.137. The Balaban J connectivity index is 1.91. The van der Waals surface area contributed by atoms with Crippen LogP contribution in [0.25, 0.3) is 0 Å². The van der Waals surface area contributed by atoms with Crippen molar-refractivity contribution in [1.82, 2.24) is 10.2 Å². The molecular weight excluding hydrogens is 327 g/mol. The molecule has 1 aliphatic heterocycles. The van der Waals surface area contributed by atoms with E-state index in [0.29, 0.717) is 31.9 Å². The van der Waals surface area contributed by atoms with Crippen LogP contribution in [-0.4, -0.2) is 56.7 Å². The van der Waals surface area contributed by atoms with E-state index in [1.807, 2.05) is 0 Å². The number of likely N-dealkylation sites (N-methyl/N-ethyl adjacent to an activating group) is 1. The normalized spacial score (nSPS) is 15.2. The summed E-state index contributed by atoms with van der Waals surface area (Å²) in [6.45, 7) is 1.03. The molecule has 24 heavy (non-hydrogen) atoms. The van der Waals surface area contributed by atoms with Crippen molar-refractivity contribution in [2.75, 3.05) is 44.7 Å². The highest BCUT2D eigenvalue weighted by molar-refractivity contribution is 5.79. The van der Waals surface area contributed by atoms with E-state index in [1.165, 1.54) is 18.0 Å². The Morgan fingerprint density at radius 2 is 1.88 bits per heavy atom. The summed E-state index contributed by atoms with van der Waals surface area (Å²) in [5, 5.41) is 2.33. The lowest BCUT2D eigenvalue weighted by Gasteiger charge is -2.35. The molecule has 1 aliphatic rings. The van der Waals surface area contributed by atoms with Crippen LogP contribution in [0.4, 0.5) is 23.7 Å². The van der Waals surface area contributed by atoms with Crippen molar-refractivity contribution >= 4 is 17.7 Å². The third-order valence-corrected chi connectivity index (χ3v) is 3.68. The predicted octanol–water partition coefficient (Wildman–Crippen LogP) is 1.71. The molecule has 6 nitrogen and oxygen atoms in total. The highest BCUT2D eigenvalue weighted by Crippen LogP contribution is 2.31. The molecule has 2 rings (SSSR count). The second-order valence-electron chi connectivity index (χ2n) is 5.25. The number of hydrogen-bond donors (Lipinski definition) is 1. The van der Waals surface area contributed by atoms with Crippen LogP contribution in [0.3, 0.4) is 0 Å². The lowest BCUT2D eigenvalue weighted by Crippen LogP contribution is -2.49. The van der Waals surface area contributed by atoms with E-state index in [0.717, 1.165) is 12.1 Å². The maximum atomic E-state index is 12.8. The molecule has 1 fully saturated rings. The zero-order chi connectivity index (χ0) is 17.7. The van der Waals surface area contributed by atoms with Crippen molar-refractivity contribution < 1.29 is 27.5 Å². The molecule has 0 bridgehead atoms. The van der Waals surface area contributed by atoms with Gasteiger partial charge in [0.2, 0.25) is 0 Å². The van der Waals surface area contributed by atoms with Gasteiger partial charge in [-0.3, -0.25) is 4.79 Å². The van der Waals surface area contributed by atoms with Gasteiger partial charge in [-0.15, -0.1) is 0 Å². The van der Waals surface area contributed by atoms with Crippen LogP contribution in [-0.2, 0) is 15.7 Å². The van der Waals surface area contributed by atoms with Crippen molar-refractivity contribution in [2.45, 2.75) is 6.18 Å². The van der Waals surface area contributed by atoms with E-state index in [2.05, 4.69) is 5.32 Å². The molecule has 1 saturated heterocycles. The molecule has 1 aromatic carbocycles. The molecule has 1 heterocycles. The van der Waals surface area contributed by atoms with Gasteiger partial charge in [-0.05, 0) is 18.2 Å². The highest BCUT2D eigenvalue weighted by Gasteiger charge is 2.31. The fourth-order valence-electron chi connectivity index (χ4n) is 2.32. The number of nitrogens with zero attached hydrogens (tertiary/aromatic N) is 2. The lowest BCUT2D eigenvalue weighted by atomic mass is 10.1. The number of hydrogen-bond acceptors (Lipinski definition) is 4. The van der Waals surface area contributed by atoms with E-state index in [4.69, 9.17) is 4.74 Å². The van der Waals surface area contributed by atoms with Crippen LogP contribution in [0.1, 0.15) is 5.56 Å². The van der Waals surface area contributed by atoms with Gasteiger partial charge in [0.05, 0.1) is 5.56 Å². The number of amides is 2. The third-order valence-electron chi connectivity index (χ3n) is 3.68. The number of piperazine rings is 1. The molecule has 0 atom stereocenters. The van der Waals surface area contributed by atoms with Gasteiger partial charge in [0.1, 0.15) is 0 Å². The van der Waals surface area contributed by atoms with Gasteiger partial charge in [-0.2, -0.15) is 13.2 Å². The average Bonchev–Trinajstić information content (AvgIpc) is 2.59. The molecule has 1 aromatic rings. The molecule has 0 saturated carbocycles. The summed E-state index contributed by atoms with van der Waals surface area (Å²) < 4.78 is 43.1. The summed E-state index contributed by atoms with van der Waals surface area (Å²) in [4.78, 5) is 26.0. The smallest absolute Gasteiger partial charge is 0.416 e. The van der Waals surface area contributed by atoms with Crippen LogP contribution in [0, 0.1) is 0 Å². The Kier molecular flexibility index (Phi) is 5.53. The number of ether oxygens (including phenoxy) is 1. The molecule has 0 aliphatic carbocycles. The van der Waals surface area contributed by atoms with E-state index in [-0.39, 0.29) is 6.61 Å². The Labute approximate surface area is 137 Å². The summed E-state index contributed by atoms with van der Waals surface area (Å²) in [6.07, 6.45) is -5.00. The number of rotatable bonds is 3. The molecule has 2 amide bonds. The molecule has 0 spiro atoms. The molecule has 1 N–H and O–H groups in total. The zero-order valence-corrected chi connectivity index (χ0v) is 13.1. The first kappa shape index (κ1) is 17.9. The fourth-order valence-corrected chi connectivity index (χ4v) is 2.32. The van der Waals surface area contributed by atoms with Crippen LogP contribution in [0.5, 0.6) is 0 Å². The van der Waals surface area contributed by atoms with Crippen LogP contribution < -0.4 is 10.2 Å². The summed E-state index contributed by atoms with van der Waals surface area (Å²) in [6, 6.07) is 5.09. The van der Waals surface area contributed by atoms with Crippen LogP contribution in [0.15, 0.2) is 24.3 Å². The van der Waals surface area contributed by atoms with Gasteiger partial charge in [0, 0.05) is 38.9 Å². The van der Waals surface area contributed by atoms with Crippen molar-refractivity contribution in [2.24, 2.45) is 0 Å². The maximum absolute atomic E-state index is 12.8. The highest BCUT2D eigenvalue weighted by atomic mass is 19.4. The first-order valence-electron chi connectivity index (χ1n) is 7.36. The molecule has 0 unspecified atom stereocenters. The number of anilines is 1. The molecule has 132 valence electrons. The summed E-state index contributed by atoms with van der Waals surface area (Å²) >= 11 is 0. The number of carbonyl (C=O) groups is 2. The van der Waals surface area contributed by atoms with E-state index >= 15 is 0 Å². The minimum Gasteiger partial charge on any atom is -0.439 e. The van der Waals surface area contributed by atoms with Gasteiger partial charge >= 0.3 is 12.3 Å². The molecule has 0 aromatic heterocycles. The van der Waals surface area contributed by atoms with Crippen molar-refractivity contribution in [1.29, 1.82) is 0 Å². The van der Waals surface area contributed by atoms with Crippen molar-refractivity contribution in [3.8, 4) is 0 Å². The van der Waals surface area contributed by atoms with E-state index in [9.17, 15) is 22.8 Å². The van der Waals surface area contributed by atoms with Gasteiger partial charge in [0.15, 0.2) is 6.61 Å². The zero-order valence-electron chi connectivity index (χ0n) is 13.1. The quantitative estimate of drug-likeness (QED) is 0.906. The van der Waals surface area contributed by atoms with Gasteiger partial charge in [-0.1, -0.05) is 6.07 Å². The Morgan fingerprint density at radius 1 is 1.21 bits per heavy atom. The topological polar surface area (TPSA) is 61.9 Å². The number of benzene rings is 1. The summed E-state index contributed by atoms with van der Waals surface area (Å²) in [5.41, 5.74) is -0.240. The first-order valence-corrected chi connectivity index (χ1v) is 7.36. The number of halogens is 3. The van der Waals surface area contributed by atoms with Gasteiger partial charge < -0.3 is 19.9 Å². The van der Waals surface area contributed by atoms with Crippen molar-refractivity contribution in [3.05, 3.63) is 29.8 Å². The molecule has 9 heteroatoms. The molecule has 0 radical (unpaired) electrons. The Bertz CT molecular complexity index is 599. The third kappa shape index (κ3) is 4.53. The van der Waals surface area contributed by atoms with Gasteiger partial charge in [-0.25, -0.2) is 4.79 Å². The summed E-state index contributed by atoms with van der Waals surface area (Å²) in [5.74, 6) is -0.411. The monoisotopic (exact) mass is 345 g/mol. The van der Waals surface area contributed by atoms with E-state index < -0.39 is 23.7 Å². The standard InChI is InChI=1S/C15H18F3N3O3/c1-19-13(22)10-24-14(23)21-7-5-20(6-8-21)12-4-2-3-11(9-12)15(16,17)18/h2-4,9H,5-8,10H2,1H3,(H,19,22). The molecular formula is C15H18F3N3O3. The second kappa shape index (κ2) is 7.41. The second-order valence-corrected chi connectivity index (χ2v) is 5.25. The first-order chi connectivity index (χ1) is 11.3. The van der Waals surface area contributed by atoms with Crippen LogP contribution in [0.2, 0.25) is 0 Å².